The molecule has 0 saturated heterocycles. The first-order valence-corrected chi connectivity index (χ1v) is 8.09. The van der Waals surface area contributed by atoms with Gasteiger partial charge >= 0.3 is 6.03 Å². The van der Waals surface area contributed by atoms with Gasteiger partial charge in [0.05, 0.1) is 5.52 Å². The molecule has 2 rings (SSSR count). The number of hydrogen-bond donors (Lipinski definition) is 0. The van der Waals surface area contributed by atoms with Crippen molar-refractivity contribution in [2.75, 3.05) is 13.1 Å². The zero-order chi connectivity index (χ0) is 15.9. The number of unbranched alkanes of at least 4 members (excludes halogenated alkanes) is 2. The van der Waals surface area contributed by atoms with Gasteiger partial charge < -0.3 is 4.90 Å². The van der Waals surface area contributed by atoms with Gasteiger partial charge in [-0.15, -0.1) is 0 Å². The number of rotatable bonds is 6. The van der Waals surface area contributed by atoms with Crippen molar-refractivity contribution in [2.24, 2.45) is 0 Å². The van der Waals surface area contributed by atoms with Crippen LogP contribution < -0.4 is 5.56 Å². The SMILES string of the molecule is CCCCN(CCCC)C(=O)n1c(=O)ccc2ccccc21. The second-order valence-corrected chi connectivity index (χ2v) is 5.54. The van der Waals surface area contributed by atoms with E-state index in [0.717, 1.165) is 31.1 Å². The Kier molecular flexibility index (Phi) is 5.75. The van der Waals surface area contributed by atoms with Crippen LogP contribution in [0.15, 0.2) is 41.2 Å². The van der Waals surface area contributed by atoms with Crippen LogP contribution in [0.1, 0.15) is 39.5 Å². The minimum absolute atomic E-state index is 0.205. The molecule has 4 nitrogen and oxygen atoms in total. The number of nitrogens with zero attached hydrogens (tertiary/aromatic N) is 2. The van der Waals surface area contributed by atoms with E-state index < -0.39 is 0 Å². The summed E-state index contributed by atoms with van der Waals surface area (Å²) in [5.41, 5.74) is 0.416. The maximum absolute atomic E-state index is 12.9. The molecule has 0 radical (unpaired) electrons. The van der Waals surface area contributed by atoms with Crippen LogP contribution in [0.5, 0.6) is 0 Å². The van der Waals surface area contributed by atoms with E-state index in [2.05, 4.69) is 13.8 Å². The lowest BCUT2D eigenvalue weighted by molar-refractivity contribution is 0.198. The maximum atomic E-state index is 12.9. The fourth-order valence-electron chi connectivity index (χ4n) is 2.53. The summed E-state index contributed by atoms with van der Waals surface area (Å²) in [6, 6.07) is 10.5. The van der Waals surface area contributed by atoms with Gasteiger partial charge in [0.25, 0.3) is 5.56 Å². The van der Waals surface area contributed by atoms with Gasteiger partial charge in [-0.25, -0.2) is 9.36 Å². The molecule has 118 valence electrons. The molecule has 1 heterocycles. The van der Waals surface area contributed by atoms with E-state index in [4.69, 9.17) is 0 Å². The number of para-hydroxylation sites is 1. The topological polar surface area (TPSA) is 42.3 Å². The van der Waals surface area contributed by atoms with E-state index in [1.54, 1.807) is 11.0 Å². The first-order chi connectivity index (χ1) is 10.7. The third-order valence-electron chi connectivity index (χ3n) is 3.83. The summed E-state index contributed by atoms with van der Waals surface area (Å²) < 4.78 is 1.31. The predicted molar refractivity (Wildman–Crippen MR) is 90.4 cm³/mol. The number of carbonyl (C=O) groups excluding carboxylic acids is 1. The second-order valence-electron chi connectivity index (χ2n) is 5.54. The van der Waals surface area contributed by atoms with Gasteiger partial charge in [0.1, 0.15) is 0 Å². The Balaban J connectivity index is 2.41. The number of hydrogen-bond acceptors (Lipinski definition) is 2. The molecule has 0 aliphatic carbocycles. The van der Waals surface area contributed by atoms with Gasteiger partial charge in [0.2, 0.25) is 0 Å². The Morgan fingerprint density at radius 3 is 2.27 bits per heavy atom. The first-order valence-electron chi connectivity index (χ1n) is 8.09. The molecule has 0 bridgehead atoms. The molecule has 0 atom stereocenters. The molecular weight excluding hydrogens is 276 g/mol. The Bertz CT molecular complexity index is 683. The quantitative estimate of drug-likeness (QED) is 0.812. The largest absolute Gasteiger partial charge is 0.331 e. The number of pyridine rings is 1. The molecule has 0 spiro atoms. The first kappa shape index (κ1) is 16.3. The summed E-state index contributed by atoms with van der Waals surface area (Å²) in [5, 5.41) is 0.904. The van der Waals surface area contributed by atoms with Crippen LogP contribution in [0.25, 0.3) is 10.9 Å². The summed E-state index contributed by atoms with van der Waals surface area (Å²) in [6.07, 6.45) is 3.96. The molecule has 0 aliphatic heterocycles. The zero-order valence-corrected chi connectivity index (χ0v) is 13.4. The summed E-state index contributed by atoms with van der Waals surface area (Å²) in [7, 11) is 0. The Morgan fingerprint density at radius 1 is 1.00 bits per heavy atom. The van der Waals surface area contributed by atoms with Crippen molar-refractivity contribution in [3.05, 3.63) is 46.8 Å². The lowest BCUT2D eigenvalue weighted by Gasteiger charge is -2.23. The highest BCUT2D eigenvalue weighted by atomic mass is 16.2. The Labute approximate surface area is 131 Å². The monoisotopic (exact) mass is 300 g/mol. The molecule has 0 unspecified atom stereocenters. The van der Waals surface area contributed by atoms with Crippen LogP contribution >= 0.6 is 0 Å². The van der Waals surface area contributed by atoms with Gasteiger partial charge in [-0.3, -0.25) is 4.79 Å². The van der Waals surface area contributed by atoms with E-state index in [9.17, 15) is 9.59 Å². The van der Waals surface area contributed by atoms with Crippen molar-refractivity contribution < 1.29 is 4.79 Å². The number of amides is 1. The molecule has 0 fully saturated rings. The highest BCUT2D eigenvalue weighted by Gasteiger charge is 2.17. The standard InChI is InChI=1S/C18H24N2O2/c1-3-5-13-19(14-6-4-2)18(22)20-16-10-8-7-9-15(16)11-12-17(20)21/h7-12H,3-6,13-14H2,1-2H3. The van der Waals surface area contributed by atoms with Crippen LogP contribution in [-0.4, -0.2) is 28.6 Å². The summed E-state index contributed by atoms with van der Waals surface area (Å²) in [5.74, 6) is 0. The smallest absolute Gasteiger partial charge is 0.324 e. The van der Waals surface area contributed by atoms with Gasteiger partial charge in [0, 0.05) is 19.2 Å². The van der Waals surface area contributed by atoms with Crippen molar-refractivity contribution in [2.45, 2.75) is 39.5 Å². The molecule has 1 aromatic heterocycles. The van der Waals surface area contributed by atoms with Crippen LogP contribution in [0.3, 0.4) is 0 Å². The lowest BCUT2D eigenvalue weighted by atomic mass is 10.2. The molecule has 1 amide bonds. The molecule has 4 heteroatoms. The van der Waals surface area contributed by atoms with Crippen LogP contribution in [0, 0.1) is 0 Å². The fraction of sp³-hybridized carbons (Fsp3) is 0.444. The zero-order valence-electron chi connectivity index (χ0n) is 13.4. The van der Waals surface area contributed by atoms with E-state index in [-0.39, 0.29) is 11.6 Å². The van der Waals surface area contributed by atoms with Crippen molar-refractivity contribution in [3.63, 3.8) is 0 Å². The Hall–Kier alpha value is -2.10. The average Bonchev–Trinajstić information content (AvgIpc) is 2.54. The van der Waals surface area contributed by atoms with E-state index in [1.165, 1.54) is 10.6 Å². The fourth-order valence-corrected chi connectivity index (χ4v) is 2.53. The second kappa shape index (κ2) is 7.78. The van der Waals surface area contributed by atoms with Crippen LogP contribution in [-0.2, 0) is 0 Å². The van der Waals surface area contributed by atoms with Crippen LogP contribution in [0.4, 0.5) is 4.79 Å². The number of carbonyl (C=O) groups is 1. The van der Waals surface area contributed by atoms with Gasteiger partial charge in [0.15, 0.2) is 0 Å². The van der Waals surface area contributed by atoms with Gasteiger partial charge in [-0.05, 0) is 30.4 Å². The minimum Gasteiger partial charge on any atom is -0.324 e. The normalized spacial score (nSPS) is 10.8. The van der Waals surface area contributed by atoms with E-state index in [0.29, 0.717) is 18.6 Å². The number of aromatic nitrogens is 1. The summed E-state index contributed by atoms with van der Waals surface area (Å²) in [6.45, 7) is 5.61. The van der Waals surface area contributed by atoms with E-state index in [1.807, 2.05) is 24.3 Å². The van der Waals surface area contributed by atoms with Crippen molar-refractivity contribution >= 4 is 16.9 Å². The molecule has 0 aliphatic rings. The highest BCUT2D eigenvalue weighted by molar-refractivity contribution is 5.90. The predicted octanol–water partition coefficient (Wildman–Crippen LogP) is 3.87. The average molecular weight is 300 g/mol. The number of benzene rings is 1. The van der Waals surface area contributed by atoms with Crippen LogP contribution in [0.2, 0.25) is 0 Å². The van der Waals surface area contributed by atoms with Crippen molar-refractivity contribution in [3.8, 4) is 0 Å². The molecule has 1 aromatic carbocycles. The summed E-state index contributed by atoms with van der Waals surface area (Å²) in [4.78, 5) is 26.9. The third-order valence-corrected chi connectivity index (χ3v) is 3.83. The molecule has 2 aromatic rings. The summed E-state index contributed by atoms with van der Waals surface area (Å²) >= 11 is 0. The molecule has 0 saturated carbocycles. The van der Waals surface area contributed by atoms with Gasteiger partial charge in [-0.2, -0.15) is 0 Å². The lowest BCUT2D eigenvalue weighted by Crippen LogP contribution is -2.41. The number of fused-ring (bicyclic) bond motifs is 1. The molecule has 0 N–H and O–H groups in total. The van der Waals surface area contributed by atoms with E-state index >= 15 is 0 Å². The molecule has 22 heavy (non-hydrogen) atoms. The highest BCUT2D eigenvalue weighted by Crippen LogP contribution is 2.12. The molecular formula is C18H24N2O2. The third kappa shape index (κ3) is 3.56. The van der Waals surface area contributed by atoms with Gasteiger partial charge in [-0.1, -0.05) is 44.9 Å². The minimum atomic E-state index is -0.262. The Morgan fingerprint density at radius 2 is 1.64 bits per heavy atom. The van der Waals surface area contributed by atoms with Crippen molar-refractivity contribution in [1.82, 2.24) is 9.47 Å². The maximum Gasteiger partial charge on any atom is 0.331 e. The van der Waals surface area contributed by atoms with Crippen molar-refractivity contribution in [1.29, 1.82) is 0 Å².